The Labute approximate surface area is 227 Å². The number of anilines is 2. The van der Waals surface area contributed by atoms with Crippen molar-refractivity contribution < 1.29 is 18.5 Å². The van der Waals surface area contributed by atoms with Crippen LogP contribution in [0.4, 0.5) is 11.4 Å². The number of ether oxygens (including phenoxy) is 2. The first kappa shape index (κ1) is 27.1. The molecule has 0 N–H and O–H groups in total. The molecule has 0 spiro atoms. The average Bonchev–Trinajstić information content (AvgIpc) is 2.97. The summed E-state index contributed by atoms with van der Waals surface area (Å²) >= 11 is 0. The van der Waals surface area contributed by atoms with Gasteiger partial charge in [0.15, 0.2) is 0 Å². The van der Waals surface area contributed by atoms with Gasteiger partial charge in [0.25, 0.3) is 5.91 Å². The summed E-state index contributed by atoms with van der Waals surface area (Å²) in [5.74, 6) is 1.14. The first-order valence-electron chi connectivity index (χ1n) is 12.4. The number of carbonyl (C=O) groups is 1. The highest BCUT2D eigenvalue weighted by atomic mass is 32.2. The molecule has 0 bridgehead atoms. The van der Waals surface area contributed by atoms with Gasteiger partial charge in [-0.2, -0.15) is 0 Å². The van der Waals surface area contributed by atoms with E-state index >= 15 is 0 Å². The second-order valence-electron chi connectivity index (χ2n) is 8.68. The molecule has 38 heavy (non-hydrogen) atoms. The second kappa shape index (κ2) is 12.5. The third kappa shape index (κ3) is 5.96. The molecule has 2 atom stereocenters. The fourth-order valence-corrected chi connectivity index (χ4v) is 5.52. The molecule has 0 aliphatic heterocycles. The van der Waals surface area contributed by atoms with Crippen molar-refractivity contribution in [1.82, 2.24) is 4.31 Å². The summed E-state index contributed by atoms with van der Waals surface area (Å²) in [5.41, 5.74) is 3.17. The van der Waals surface area contributed by atoms with Crippen molar-refractivity contribution >= 4 is 28.3 Å². The number of nitrogens with zero attached hydrogens (tertiary/aromatic N) is 2. The number of carbonyl (C=O) groups excluding carboxylic acids is 1. The molecular weight excluding hydrogens is 496 g/mol. The second-order valence-corrected chi connectivity index (χ2v) is 10.1. The molecule has 0 heterocycles. The van der Waals surface area contributed by atoms with E-state index in [4.69, 9.17) is 9.47 Å². The van der Waals surface area contributed by atoms with Crippen LogP contribution in [0.3, 0.4) is 0 Å². The molecule has 6 nitrogen and oxygen atoms in total. The van der Waals surface area contributed by atoms with Crippen molar-refractivity contribution in [3.63, 3.8) is 0 Å². The van der Waals surface area contributed by atoms with Gasteiger partial charge in [-0.05, 0) is 73.2 Å². The van der Waals surface area contributed by atoms with Gasteiger partial charge >= 0.3 is 0 Å². The summed E-state index contributed by atoms with van der Waals surface area (Å²) in [5, 5.41) is 0. The summed E-state index contributed by atoms with van der Waals surface area (Å²) in [6.07, 6.45) is 0. The summed E-state index contributed by atoms with van der Waals surface area (Å²) in [4.78, 5) is 16.9. The molecule has 0 fully saturated rings. The molecule has 0 saturated carbocycles. The van der Waals surface area contributed by atoms with E-state index in [2.05, 4.69) is 0 Å². The van der Waals surface area contributed by atoms with Gasteiger partial charge in [0.05, 0.1) is 19.1 Å². The molecule has 0 radical (unpaired) electrons. The topological polar surface area (TPSA) is 59.1 Å². The van der Waals surface area contributed by atoms with Crippen LogP contribution < -0.4 is 14.4 Å². The third-order valence-electron chi connectivity index (χ3n) is 6.27. The van der Waals surface area contributed by atoms with Gasteiger partial charge in [-0.1, -0.05) is 55.0 Å². The van der Waals surface area contributed by atoms with Crippen molar-refractivity contribution in [3.8, 4) is 11.5 Å². The molecule has 0 aliphatic rings. The van der Waals surface area contributed by atoms with E-state index in [9.17, 15) is 9.00 Å². The Morgan fingerprint density at radius 2 is 1.26 bits per heavy atom. The molecular formula is C31H32N2O4S. The summed E-state index contributed by atoms with van der Waals surface area (Å²) < 4.78 is 26.3. The van der Waals surface area contributed by atoms with E-state index in [1.54, 1.807) is 23.4 Å². The number of hydrogen-bond donors (Lipinski definition) is 0. The minimum atomic E-state index is -1.57. The number of amides is 1. The number of methoxy groups -OCH3 is 2. The lowest BCUT2D eigenvalue weighted by Crippen LogP contribution is -2.42. The van der Waals surface area contributed by atoms with Gasteiger partial charge in [-0.3, -0.25) is 9.69 Å². The molecule has 0 aliphatic carbocycles. The van der Waals surface area contributed by atoms with E-state index < -0.39 is 17.0 Å². The lowest BCUT2D eigenvalue weighted by Gasteiger charge is -2.34. The van der Waals surface area contributed by atoms with Crippen molar-refractivity contribution in [2.24, 2.45) is 0 Å². The van der Waals surface area contributed by atoms with Crippen LogP contribution in [-0.2, 0) is 15.8 Å². The maximum atomic E-state index is 14.6. The van der Waals surface area contributed by atoms with E-state index in [1.807, 2.05) is 117 Å². The van der Waals surface area contributed by atoms with Crippen LogP contribution in [-0.4, -0.2) is 35.2 Å². The maximum Gasteiger partial charge on any atom is 0.254 e. The molecule has 7 heteroatoms. The largest absolute Gasteiger partial charge is 0.497 e. The minimum Gasteiger partial charge on any atom is -0.497 e. The first-order chi connectivity index (χ1) is 18.5. The number of benzene rings is 4. The standard InChI is InChI=1S/C31H32N2O4S/c1-5-32(38(35)29-21-11-23(2)12-22-29)30(24-9-7-6-8-10-24)31(34)33(25-13-17-27(36-3)18-14-25)26-15-19-28(37-4)20-16-26/h6-22,30H,5H2,1-4H3. The van der Waals surface area contributed by atoms with Gasteiger partial charge in [0, 0.05) is 17.9 Å². The monoisotopic (exact) mass is 528 g/mol. The van der Waals surface area contributed by atoms with Crippen molar-refractivity contribution in [1.29, 1.82) is 0 Å². The van der Waals surface area contributed by atoms with E-state index in [0.717, 1.165) is 11.1 Å². The number of aryl methyl sites for hydroxylation is 1. The smallest absolute Gasteiger partial charge is 0.254 e. The predicted molar refractivity (Wildman–Crippen MR) is 152 cm³/mol. The molecule has 4 aromatic rings. The average molecular weight is 529 g/mol. The van der Waals surface area contributed by atoms with E-state index in [-0.39, 0.29) is 5.91 Å². The SMILES string of the molecule is CCN(C(C(=O)N(c1ccc(OC)cc1)c1ccc(OC)cc1)c1ccccc1)S(=O)c1ccc(C)cc1. The zero-order valence-corrected chi connectivity index (χ0v) is 22.9. The summed E-state index contributed by atoms with van der Waals surface area (Å²) in [7, 11) is 1.63. The molecule has 0 saturated heterocycles. The van der Waals surface area contributed by atoms with Crippen molar-refractivity contribution in [2.75, 3.05) is 25.7 Å². The van der Waals surface area contributed by atoms with Crippen LogP contribution in [0.1, 0.15) is 24.1 Å². The van der Waals surface area contributed by atoms with Crippen molar-refractivity contribution in [3.05, 3.63) is 114 Å². The van der Waals surface area contributed by atoms with Crippen molar-refractivity contribution in [2.45, 2.75) is 24.8 Å². The van der Waals surface area contributed by atoms with Gasteiger partial charge in [-0.15, -0.1) is 0 Å². The summed E-state index contributed by atoms with van der Waals surface area (Å²) in [6, 6.07) is 30.9. The molecule has 2 unspecified atom stereocenters. The Kier molecular flexibility index (Phi) is 8.94. The predicted octanol–water partition coefficient (Wildman–Crippen LogP) is 6.46. The summed E-state index contributed by atoms with van der Waals surface area (Å²) in [6.45, 7) is 4.30. The fraction of sp³-hybridized carbons (Fsp3) is 0.194. The van der Waals surface area contributed by atoms with Crippen LogP contribution in [0.25, 0.3) is 0 Å². The Balaban J connectivity index is 1.84. The minimum absolute atomic E-state index is 0.228. The highest BCUT2D eigenvalue weighted by Crippen LogP contribution is 2.35. The molecule has 0 aromatic heterocycles. The van der Waals surface area contributed by atoms with Gasteiger partial charge < -0.3 is 9.47 Å². The Hall–Kier alpha value is -3.94. The number of rotatable bonds is 10. The Morgan fingerprint density at radius 1 is 0.763 bits per heavy atom. The van der Waals surface area contributed by atoms with Crippen LogP contribution in [0, 0.1) is 6.92 Å². The lowest BCUT2D eigenvalue weighted by molar-refractivity contribution is -0.121. The highest BCUT2D eigenvalue weighted by Gasteiger charge is 2.35. The van der Waals surface area contributed by atoms with Gasteiger partial charge in [-0.25, -0.2) is 8.51 Å². The Bertz CT molecular complexity index is 1310. The van der Waals surface area contributed by atoms with Gasteiger partial charge in [0.2, 0.25) is 0 Å². The fourth-order valence-electron chi connectivity index (χ4n) is 4.24. The van der Waals surface area contributed by atoms with Gasteiger partial charge in [0.1, 0.15) is 28.5 Å². The third-order valence-corrected chi connectivity index (χ3v) is 7.84. The highest BCUT2D eigenvalue weighted by molar-refractivity contribution is 7.82. The quantitative estimate of drug-likeness (QED) is 0.237. The first-order valence-corrected chi connectivity index (χ1v) is 13.5. The molecule has 4 aromatic carbocycles. The zero-order chi connectivity index (χ0) is 27.1. The maximum absolute atomic E-state index is 14.6. The normalized spacial score (nSPS) is 12.6. The number of likely N-dealkylation sites (N-methyl/N-ethyl adjacent to an activating group) is 1. The molecule has 196 valence electrons. The van der Waals surface area contributed by atoms with E-state index in [0.29, 0.717) is 34.3 Å². The van der Waals surface area contributed by atoms with Crippen LogP contribution in [0.2, 0.25) is 0 Å². The number of hydrogen-bond acceptors (Lipinski definition) is 4. The zero-order valence-electron chi connectivity index (χ0n) is 22.0. The van der Waals surface area contributed by atoms with Crippen LogP contribution in [0.15, 0.2) is 108 Å². The molecule has 4 rings (SSSR count). The van der Waals surface area contributed by atoms with Crippen LogP contribution in [0.5, 0.6) is 11.5 Å². The molecule has 1 amide bonds. The lowest BCUT2D eigenvalue weighted by atomic mass is 10.0. The van der Waals surface area contributed by atoms with Crippen LogP contribution >= 0.6 is 0 Å². The van der Waals surface area contributed by atoms with E-state index in [1.165, 1.54) is 0 Å². The Morgan fingerprint density at radius 3 is 1.71 bits per heavy atom.